The van der Waals surface area contributed by atoms with Crippen molar-refractivity contribution in [3.05, 3.63) is 69.7 Å². The Bertz CT molecular complexity index is 1160. The molecule has 4 aromatic rings. The van der Waals surface area contributed by atoms with Crippen molar-refractivity contribution in [1.29, 1.82) is 0 Å². The van der Waals surface area contributed by atoms with E-state index in [1.165, 1.54) is 4.70 Å². The quantitative estimate of drug-likeness (QED) is 0.421. The molecule has 0 spiro atoms. The van der Waals surface area contributed by atoms with E-state index in [-0.39, 0.29) is 12.5 Å². The predicted molar refractivity (Wildman–Crippen MR) is 119 cm³/mol. The zero-order valence-corrected chi connectivity index (χ0v) is 17.6. The van der Waals surface area contributed by atoms with Crippen LogP contribution in [0.25, 0.3) is 10.2 Å². The van der Waals surface area contributed by atoms with Gasteiger partial charge in [-0.25, -0.2) is 4.98 Å². The van der Waals surface area contributed by atoms with Gasteiger partial charge in [-0.3, -0.25) is 14.5 Å². The third kappa shape index (κ3) is 4.60. The molecule has 2 N–H and O–H groups in total. The molecule has 0 fully saturated rings. The topological polar surface area (TPSA) is 75.6 Å². The number of rotatable bonds is 7. The molecule has 29 heavy (non-hydrogen) atoms. The third-order valence-corrected chi connectivity index (χ3v) is 5.89. The van der Waals surface area contributed by atoms with Gasteiger partial charge in [0.15, 0.2) is 4.77 Å². The minimum atomic E-state index is -0.126. The maximum atomic E-state index is 12.4. The predicted octanol–water partition coefficient (Wildman–Crippen LogP) is 4.73. The molecule has 4 rings (SSSR count). The first-order valence-corrected chi connectivity index (χ1v) is 10.7. The van der Waals surface area contributed by atoms with Gasteiger partial charge in [-0.05, 0) is 48.5 Å². The summed E-state index contributed by atoms with van der Waals surface area (Å²) >= 11 is 6.95. The molecule has 1 amide bonds. The lowest BCUT2D eigenvalue weighted by Crippen LogP contribution is -2.20. The normalized spacial score (nSPS) is 11.1. The summed E-state index contributed by atoms with van der Waals surface area (Å²) in [5.74, 6) is 0.678. The van der Waals surface area contributed by atoms with E-state index in [0.717, 1.165) is 46.9 Å². The molecule has 2 heterocycles. The van der Waals surface area contributed by atoms with Gasteiger partial charge in [0.25, 0.3) is 0 Å². The molecular formula is C21H21N5OS2. The minimum Gasteiger partial charge on any atom is -0.325 e. The average Bonchev–Trinajstić information content (AvgIpc) is 3.27. The lowest BCUT2D eigenvalue weighted by atomic mass is 10.1. The number of para-hydroxylation sites is 1. The number of hydrogen-bond donors (Lipinski definition) is 2. The van der Waals surface area contributed by atoms with E-state index in [4.69, 9.17) is 12.2 Å². The summed E-state index contributed by atoms with van der Waals surface area (Å²) in [7, 11) is 0. The highest BCUT2D eigenvalue weighted by molar-refractivity contribution is 7.71. The fraction of sp³-hybridized carbons (Fsp3) is 0.238. The summed E-state index contributed by atoms with van der Waals surface area (Å²) in [4.78, 5) is 17.1. The molecular weight excluding hydrogens is 402 g/mol. The molecule has 0 aliphatic rings. The highest BCUT2D eigenvalue weighted by Crippen LogP contribution is 2.24. The molecule has 0 saturated carbocycles. The van der Waals surface area contributed by atoms with Crippen molar-refractivity contribution < 1.29 is 4.79 Å². The first-order chi connectivity index (χ1) is 14.1. The number of aromatic amines is 1. The van der Waals surface area contributed by atoms with Crippen LogP contribution in [0.3, 0.4) is 0 Å². The molecule has 0 atom stereocenters. The molecule has 2 aromatic carbocycles. The van der Waals surface area contributed by atoms with Crippen LogP contribution in [-0.4, -0.2) is 25.7 Å². The zero-order valence-electron chi connectivity index (χ0n) is 16.0. The monoisotopic (exact) mass is 423 g/mol. The van der Waals surface area contributed by atoms with E-state index < -0.39 is 0 Å². The molecule has 2 aromatic heterocycles. The Morgan fingerprint density at radius 2 is 2.00 bits per heavy atom. The molecule has 8 heteroatoms. The highest BCUT2D eigenvalue weighted by atomic mass is 32.1. The fourth-order valence-corrected chi connectivity index (χ4v) is 4.37. The third-order valence-electron chi connectivity index (χ3n) is 4.54. The van der Waals surface area contributed by atoms with Crippen molar-refractivity contribution in [3.63, 3.8) is 0 Å². The number of fused-ring (bicyclic) bond motifs is 1. The maximum Gasteiger partial charge on any atom is 0.244 e. The Labute approximate surface area is 177 Å². The van der Waals surface area contributed by atoms with Crippen LogP contribution in [0.1, 0.15) is 29.7 Å². The van der Waals surface area contributed by atoms with Crippen molar-refractivity contribution in [2.24, 2.45) is 0 Å². The van der Waals surface area contributed by atoms with E-state index in [1.807, 2.05) is 42.5 Å². The van der Waals surface area contributed by atoms with Crippen molar-refractivity contribution in [1.82, 2.24) is 19.7 Å². The SMILES string of the molecule is CCCc1n[nH]c(=S)n1CC(=O)Nc1ccc(Cc2nc3ccccc3s2)cc1. The Balaban J connectivity index is 1.39. The number of H-pyrrole nitrogens is 1. The summed E-state index contributed by atoms with van der Waals surface area (Å²) in [6.45, 7) is 2.22. The van der Waals surface area contributed by atoms with Crippen LogP contribution >= 0.6 is 23.6 Å². The van der Waals surface area contributed by atoms with E-state index >= 15 is 0 Å². The van der Waals surface area contributed by atoms with Crippen molar-refractivity contribution in [2.75, 3.05) is 5.32 Å². The summed E-state index contributed by atoms with van der Waals surface area (Å²) in [5.41, 5.74) is 2.95. The standard InChI is InChI=1S/C21H21N5OS2/c1-2-5-18-24-25-21(28)26(18)13-19(27)22-15-10-8-14(9-11-15)12-20-23-16-6-3-4-7-17(16)29-20/h3-4,6-11H,2,5,12-13H2,1H3,(H,22,27)(H,25,28). The van der Waals surface area contributed by atoms with Gasteiger partial charge in [0.05, 0.1) is 15.2 Å². The number of carbonyl (C=O) groups is 1. The Hall–Kier alpha value is -2.84. The largest absolute Gasteiger partial charge is 0.325 e. The zero-order chi connectivity index (χ0) is 20.2. The number of aromatic nitrogens is 4. The van der Waals surface area contributed by atoms with Gasteiger partial charge in [-0.1, -0.05) is 31.2 Å². The summed E-state index contributed by atoms with van der Waals surface area (Å²) in [5, 5.41) is 11.0. The second kappa shape index (κ2) is 8.67. The number of thiazole rings is 1. The van der Waals surface area contributed by atoms with Crippen LogP contribution < -0.4 is 5.32 Å². The van der Waals surface area contributed by atoms with E-state index in [2.05, 4.69) is 33.5 Å². The molecule has 0 saturated heterocycles. The Morgan fingerprint density at radius 3 is 2.76 bits per heavy atom. The number of amides is 1. The first kappa shape index (κ1) is 19.5. The van der Waals surface area contributed by atoms with Crippen LogP contribution in [-0.2, 0) is 24.2 Å². The smallest absolute Gasteiger partial charge is 0.244 e. The van der Waals surface area contributed by atoms with E-state index in [9.17, 15) is 4.79 Å². The van der Waals surface area contributed by atoms with Gasteiger partial charge < -0.3 is 5.32 Å². The molecule has 0 aliphatic heterocycles. The lowest BCUT2D eigenvalue weighted by Gasteiger charge is -2.08. The number of nitrogens with zero attached hydrogens (tertiary/aromatic N) is 3. The van der Waals surface area contributed by atoms with Gasteiger partial charge in [-0.15, -0.1) is 11.3 Å². The van der Waals surface area contributed by atoms with Gasteiger partial charge in [-0.2, -0.15) is 5.10 Å². The van der Waals surface area contributed by atoms with Crippen LogP contribution in [0.4, 0.5) is 5.69 Å². The second-order valence-electron chi connectivity index (χ2n) is 6.78. The molecule has 0 radical (unpaired) electrons. The van der Waals surface area contributed by atoms with Crippen molar-refractivity contribution >= 4 is 45.4 Å². The molecule has 0 aliphatic carbocycles. The maximum absolute atomic E-state index is 12.4. The molecule has 6 nitrogen and oxygen atoms in total. The summed E-state index contributed by atoms with van der Waals surface area (Å²) in [6.07, 6.45) is 2.50. The van der Waals surface area contributed by atoms with Crippen molar-refractivity contribution in [3.8, 4) is 0 Å². The van der Waals surface area contributed by atoms with Gasteiger partial charge in [0.2, 0.25) is 5.91 Å². The average molecular weight is 424 g/mol. The number of aryl methyl sites for hydroxylation is 1. The lowest BCUT2D eigenvalue weighted by molar-refractivity contribution is -0.116. The highest BCUT2D eigenvalue weighted by Gasteiger charge is 2.10. The number of hydrogen-bond acceptors (Lipinski definition) is 5. The van der Waals surface area contributed by atoms with Crippen LogP contribution in [0, 0.1) is 4.77 Å². The van der Waals surface area contributed by atoms with Gasteiger partial charge >= 0.3 is 0 Å². The molecule has 0 unspecified atom stereocenters. The first-order valence-electron chi connectivity index (χ1n) is 9.49. The van der Waals surface area contributed by atoms with Gasteiger partial charge in [0.1, 0.15) is 12.4 Å². The van der Waals surface area contributed by atoms with Crippen LogP contribution in [0.2, 0.25) is 0 Å². The van der Waals surface area contributed by atoms with E-state index in [1.54, 1.807) is 15.9 Å². The Morgan fingerprint density at radius 1 is 1.21 bits per heavy atom. The van der Waals surface area contributed by atoms with Crippen LogP contribution in [0.15, 0.2) is 48.5 Å². The minimum absolute atomic E-state index is 0.126. The molecule has 0 bridgehead atoms. The number of nitrogens with one attached hydrogen (secondary N) is 2. The number of benzene rings is 2. The van der Waals surface area contributed by atoms with Gasteiger partial charge in [0, 0.05) is 18.5 Å². The Kier molecular flexibility index (Phi) is 5.82. The van der Waals surface area contributed by atoms with E-state index in [0.29, 0.717) is 4.77 Å². The van der Waals surface area contributed by atoms with Crippen molar-refractivity contribution in [2.45, 2.75) is 32.7 Å². The van der Waals surface area contributed by atoms with Crippen LogP contribution in [0.5, 0.6) is 0 Å². The fourth-order valence-electron chi connectivity index (χ4n) is 3.15. The summed E-state index contributed by atoms with van der Waals surface area (Å²) < 4.78 is 3.41. The molecule has 148 valence electrons. The second-order valence-corrected chi connectivity index (χ2v) is 8.28. The number of carbonyl (C=O) groups excluding carboxylic acids is 1. The summed E-state index contributed by atoms with van der Waals surface area (Å²) in [6, 6.07) is 16.0. The number of anilines is 1.